The second-order valence-electron chi connectivity index (χ2n) is 5.29. The van der Waals surface area contributed by atoms with E-state index >= 15 is 0 Å². The Bertz CT molecular complexity index is 426. The van der Waals surface area contributed by atoms with Crippen LogP contribution in [0.2, 0.25) is 0 Å². The first-order valence-corrected chi connectivity index (χ1v) is 6.61. The third kappa shape index (κ3) is 1.57. The van der Waals surface area contributed by atoms with Gasteiger partial charge in [-0.2, -0.15) is 0 Å². The van der Waals surface area contributed by atoms with Crippen molar-refractivity contribution >= 4 is 15.9 Å². The fourth-order valence-corrected chi connectivity index (χ4v) is 3.49. The molecule has 1 spiro atoms. The van der Waals surface area contributed by atoms with Gasteiger partial charge in [0.05, 0.1) is 0 Å². The molecule has 0 bridgehead atoms. The summed E-state index contributed by atoms with van der Waals surface area (Å²) >= 11 is 3.48. The minimum atomic E-state index is 0.0344. The van der Waals surface area contributed by atoms with Gasteiger partial charge in [-0.25, -0.2) is 0 Å². The summed E-state index contributed by atoms with van der Waals surface area (Å²) in [7, 11) is 0. The van der Waals surface area contributed by atoms with Crippen LogP contribution in [-0.4, -0.2) is 5.60 Å². The maximum absolute atomic E-state index is 6.23. The van der Waals surface area contributed by atoms with Crippen LogP contribution in [-0.2, 0) is 0 Å². The first kappa shape index (κ1) is 10.6. The van der Waals surface area contributed by atoms with Crippen molar-refractivity contribution in [3.05, 3.63) is 28.2 Å². The molecule has 0 aromatic heterocycles. The summed E-state index contributed by atoms with van der Waals surface area (Å²) < 4.78 is 7.23. The lowest BCUT2D eigenvalue weighted by Gasteiger charge is -2.50. The molecule has 1 aliphatic heterocycles. The van der Waals surface area contributed by atoms with Crippen molar-refractivity contribution in [2.75, 3.05) is 0 Å². The summed E-state index contributed by atoms with van der Waals surface area (Å²) in [5.74, 6) is 1.75. The Balaban J connectivity index is 1.95. The number of benzene rings is 1. The Hall–Kier alpha value is -0.540. The molecule has 3 rings (SSSR count). The second kappa shape index (κ2) is 3.47. The van der Waals surface area contributed by atoms with E-state index in [9.17, 15) is 0 Å². The van der Waals surface area contributed by atoms with Crippen molar-refractivity contribution in [1.82, 2.24) is 0 Å². The van der Waals surface area contributed by atoms with Gasteiger partial charge in [0.1, 0.15) is 11.4 Å². The molecule has 0 unspecified atom stereocenters. The van der Waals surface area contributed by atoms with Crippen LogP contribution >= 0.6 is 15.9 Å². The molecule has 16 heavy (non-hydrogen) atoms. The summed E-state index contributed by atoms with van der Waals surface area (Å²) in [6.45, 7) is 2.27. The quantitative estimate of drug-likeness (QED) is 0.791. The van der Waals surface area contributed by atoms with Crippen molar-refractivity contribution in [3.63, 3.8) is 0 Å². The summed E-state index contributed by atoms with van der Waals surface area (Å²) in [4.78, 5) is 0. The normalized spacial score (nSPS) is 36.4. The zero-order valence-electron chi connectivity index (χ0n) is 9.37. The van der Waals surface area contributed by atoms with E-state index in [1.807, 2.05) is 12.1 Å². The summed E-state index contributed by atoms with van der Waals surface area (Å²) in [5.41, 5.74) is 7.41. The van der Waals surface area contributed by atoms with Gasteiger partial charge in [-0.3, -0.25) is 0 Å². The Morgan fingerprint density at radius 2 is 2.12 bits per heavy atom. The highest BCUT2D eigenvalue weighted by Crippen LogP contribution is 2.50. The standard InChI is InChI=1S/C13H16BrNO/c1-8-5-13(6-8)7-11(15)10-3-2-9(14)4-12(10)16-13/h2-4,8,11H,5-7,15H2,1H3/t8?,11-,13?/m0/s1. The van der Waals surface area contributed by atoms with Gasteiger partial charge in [0, 0.05) is 22.5 Å². The van der Waals surface area contributed by atoms with E-state index in [1.54, 1.807) is 0 Å². The van der Waals surface area contributed by atoms with Gasteiger partial charge in [0.2, 0.25) is 0 Å². The third-order valence-electron chi connectivity index (χ3n) is 3.73. The largest absolute Gasteiger partial charge is 0.487 e. The van der Waals surface area contributed by atoms with E-state index in [2.05, 4.69) is 28.9 Å². The van der Waals surface area contributed by atoms with Crippen molar-refractivity contribution in [2.45, 2.75) is 37.8 Å². The molecule has 2 aliphatic rings. The van der Waals surface area contributed by atoms with E-state index in [0.717, 1.165) is 41.0 Å². The molecule has 1 aromatic rings. The van der Waals surface area contributed by atoms with Crippen molar-refractivity contribution < 1.29 is 4.74 Å². The molecule has 2 nitrogen and oxygen atoms in total. The number of rotatable bonds is 0. The summed E-state index contributed by atoms with van der Waals surface area (Å²) in [5, 5.41) is 0. The van der Waals surface area contributed by atoms with Gasteiger partial charge in [0.15, 0.2) is 0 Å². The Labute approximate surface area is 104 Å². The maximum atomic E-state index is 6.23. The van der Waals surface area contributed by atoms with E-state index in [1.165, 1.54) is 0 Å². The van der Waals surface area contributed by atoms with E-state index in [0.29, 0.717) is 0 Å². The smallest absolute Gasteiger partial charge is 0.126 e. The minimum absolute atomic E-state index is 0.0344. The topological polar surface area (TPSA) is 35.2 Å². The number of nitrogens with two attached hydrogens (primary N) is 1. The number of halogens is 1. The molecule has 1 aromatic carbocycles. The lowest BCUT2D eigenvalue weighted by Crippen LogP contribution is -2.52. The van der Waals surface area contributed by atoms with Gasteiger partial charge in [-0.15, -0.1) is 0 Å². The SMILES string of the molecule is CC1CC2(C1)C[C@H](N)c1ccc(Br)cc1O2. The van der Waals surface area contributed by atoms with Crippen molar-refractivity contribution in [3.8, 4) is 5.75 Å². The van der Waals surface area contributed by atoms with E-state index < -0.39 is 0 Å². The van der Waals surface area contributed by atoms with Crippen LogP contribution < -0.4 is 10.5 Å². The van der Waals surface area contributed by atoms with Crippen LogP contribution in [0.25, 0.3) is 0 Å². The Morgan fingerprint density at radius 3 is 2.81 bits per heavy atom. The van der Waals surface area contributed by atoms with Crippen LogP contribution in [0.15, 0.2) is 22.7 Å². The molecule has 0 amide bonds. The van der Waals surface area contributed by atoms with E-state index in [4.69, 9.17) is 10.5 Å². The average molecular weight is 282 g/mol. The number of hydrogen-bond acceptors (Lipinski definition) is 2. The molecule has 3 heteroatoms. The average Bonchev–Trinajstić information content (AvgIpc) is 2.14. The molecular formula is C13H16BrNO. The second-order valence-corrected chi connectivity index (χ2v) is 6.21. The summed E-state index contributed by atoms with van der Waals surface area (Å²) in [6, 6.07) is 6.27. The first-order valence-electron chi connectivity index (χ1n) is 5.82. The third-order valence-corrected chi connectivity index (χ3v) is 4.23. The Morgan fingerprint density at radius 1 is 1.38 bits per heavy atom. The van der Waals surface area contributed by atoms with Crippen LogP contribution in [0.3, 0.4) is 0 Å². The monoisotopic (exact) mass is 281 g/mol. The highest BCUT2D eigenvalue weighted by molar-refractivity contribution is 9.10. The first-order chi connectivity index (χ1) is 7.58. The molecule has 1 aliphatic carbocycles. The predicted octanol–water partition coefficient (Wildman–Crippen LogP) is 3.40. The Kier molecular flexibility index (Phi) is 2.30. The zero-order valence-corrected chi connectivity index (χ0v) is 11.0. The van der Waals surface area contributed by atoms with Crippen LogP contribution in [0.4, 0.5) is 0 Å². The lowest BCUT2D eigenvalue weighted by atomic mass is 9.67. The fourth-order valence-electron chi connectivity index (χ4n) is 3.15. The summed E-state index contributed by atoms with van der Waals surface area (Å²) in [6.07, 6.45) is 3.26. The van der Waals surface area contributed by atoms with Crippen LogP contribution in [0, 0.1) is 5.92 Å². The molecule has 86 valence electrons. The number of fused-ring (bicyclic) bond motifs is 1. The molecule has 1 atom stereocenters. The van der Waals surface area contributed by atoms with Gasteiger partial charge in [-0.1, -0.05) is 28.9 Å². The minimum Gasteiger partial charge on any atom is -0.487 e. The molecule has 0 radical (unpaired) electrons. The van der Waals surface area contributed by atoms with Gasteiger partial charge in [-0.05, 0) is 30.9 Å². The molecular weight excluding hydrogens is 266 g/mol. The highest BCUT2D eigenvalue weighted by Gasteiger charge is 2.48. The molecule has 0 saturated heterocycles. The van der Waals surface area contributed by atoms with Crippen molar-refractivity contribution in [1.29, 1.82) is 0 Å². The van der Waals surface area contributed by atoms with Gasteiger partial charge >= 0.3 is 0 Å². The van der Waals surface area contributed by atoms with Crippen LogP contribution in [0.5, 0.6) is 5.75 Å². The fraction of sp³-hybridized carbons (Fsp3) is 0.538. The zero-order chi connectivity index (χ0) is 11.3. The van der Waals surface area contributed by atoms with Gasteiger partial charge < -0.3 is 10.5 Å². The number of ether oxygens (including phenoxy) is 1. The highest BCUT2D eigenvalue weighted by atomic mass is 79.9. The molecule has 1 heterocycles. The molecule has 1 saturated carbocycles. The lowest BCUT2D eigenvalue weighted by molar-refractivity contribution is -0.0657. The van der Waals surface area contributed by atoms with Gasteiger partial charge in [0.25, 0.3) is 0 Å². The van der Waals surface area contributed by atoms with Crippen molar-refractivity contribution in [2.24, 2.45) is 11.7 Å². The van der Waals surface area contributed by atoms with Crippen LogP contribution in [0.1, 0.15) is 37.8 Å². The maximum Gasteiger partial charge on any atom is 0.126 e. The predicted molar refractivity (Wildman–Crippen MR) is 67.4 cm³/mol. The van der Waals surface area contributed by atoms with E-state index in [-0.39, 0.29) is 11.6 Å². The molecule has 2 N–H and O–H groups in total. The number of hydrogen-bond donors (Lipinski definition) is 1. The molecule has 1 fully saturated rings.